The third kappa shape index (κ3) is 13.8. The smallest absolute Gasteiger partial charge is 0.309 e. The Morgan fingerprint density at radius 3 is 2.25 bits per heavy atom. The van der Waals surface area contributed by atoms with E-state index in [1.54, 1.807) is 66.6 Å². The molecule has 15 atom stereocenters. The quantitative estimate of drug-likeness (QED) is 0.146. The van der Waals surface area contributed by atoms with Crippen LogP contribution in [0.4, 0.5) is 0 Å². The molecule has 326 valence electrons. The van der Waals surface area contributed by atoms with E-state index in [2.05, 4.69) is 0 Å². The number of hydrogen-bond acceptors (Lipinski definition) is 16. The van der Waals surface area contributed by atoms with E-state index < -0.39 is 109 Å². The van der Waals surface area contributed by atoms with Gasteiger partial charge in [0, 0.05) is 39.2 Å². The Balaban J connectivity index is 2.00. The minimum absolute atomic E-state index is 0.00103. The van der Waals surface area contributed by atoms with E-state index in [9.17, 15) is 34.5 Å². The van der Waals surface area contributed by atoms with Gasteiger partial charge in [-0.05, 0) is 72.5 Å². The summed E-state index contributed by atoms with van der Waals surface area (Å²) in [5.41, 5.74) is -1.48. The van der Waals surface area contributed by atoms with Gasteiger partial charge >= 0.3 is 17.9 Å². The van der Waals surface area contributed by atoms with Gasteiger partial charge < -0.3 is 62.9 Å². The predicted octanol–water partition coefficient (Wildman–Crippen LogP) is 3.68. The average molecular weight is 814 g/mol. The minimum atomic E-state index is -1.48. The summed E-state index contributed by atoms with van der Waals surface area (Å²) >= 11 is 0. The fraction of sp³-hybridized carbons (Fsp3) is 0.805. The number of hydrogen-bond donors (Lipinski definition) is 3. The van der Waals surface area contributed by atoms with E-state index in [0.717, 1.165) is 6.29 Å². The number of carbonyl (C=O) groups excluding carboxylic acids is 4. The van der Waals surface area contributed by atoms with Crippen molar-refractivity contribution in [3.63, 3.8) is 0 Å². The SMILES string of the molecule is CCC(=O)O[C@H]1CC(=O)O[C@@H](C)C/C(O)=C/C=C/C[C@@H](C)C[C@@H](CC=O)[C@H](O[C@H]2O[C@H](C)[C@@H](O[C@H]3C[C@](C)(O)[C@H](OC(=O)CC)[C@@H](C)O3)[C@H](N(C)C)[C@H]2O)[C@@H]1OC. The summed E-state index contributed by atoms with van der Waals surface area (Å²) < 4.78 is 48.6. The maximum atomic E-state index is 13.3. The number of aliphatic hydroxyl groups excluding tert-OH is 2. The largest absolute Gasteiger partial charge is 0.512 e. The van der Waals surface area contributed by atoms with Crippen LogP contribution in [0.25, 0.3) is 0 Å². The van der Waals surface area contributed by atoms with E-state index in [1.165, 1.54) is 13.2 Å². The summed E-state index contributed by atoms with van der Waals surface area (Å²) in [4.78, 5) is 52.3. The second-order valence-electron chi connectivity index (χ2n) is 16.1. The van der Waals surface area contributed by atoms with E-state index in [4.69, 9.17) is 37.9 Å². The highest BCUT2D eigenvalue weighted by Gasteiger charge is 2.53. The molecule has 3 aliphatic rings. The fourth-order valence-corrected chi connectivity index (χ4v) is 7.95. The van der Waals surface area contributed by atoms with Gasteiger partial charge in [0.25, 0.3) is 0 Å². The van der Waals surface area contributed by atoms with E-state index in [1.807, 2.05) is 13.0 Å². The highest BCUT2D eigenvalue weighted by molar-refractivity contribution is 5.72. The zero-order chi connectivity index (χ0) is 42.6. The molecule has 0 saturated carbocycles. The van der Waals surface area contributed by atoms with E-state index in [-0.39, 0.29) is 43.8 Å². The van der Waals surface area contributed by atoms with Crippen LogP contribution in [0.1, 0.15) is 99.8 Å². The lowest BCUT2D eigenvalue weighted by Crippen LogP contribution is -2.66. The third-order valence-electron chi connectivity index (χ3n) is 10.8. The van der Waals surface area contributed by atoms with Crippen LogP contribution < -0.4 is 0 Å². The number of rotatable bonds is 12. The van der Waals surface area contributed by atoms with E-state index >= 15 is 0 Å². The van der Waals surface area contributed by atoms with Crippen molar-refractivity contribution in [1.82, 2.24) is 4.90 Å². The van der Waals surface area contributed by atoms with Crippen molar-refractivity contribution in [2.75, 3.05) is 21.2 Å². The van der Waals surface area contributed by atoms with Crippen LogP contribution in [0, 0.1) is 11.8 Å². The topological polar surface area (TPSA) is 206 Å². The number of likely N-dealkylation sites (N-methyl/N-ethyl adjacent to an activating group) is 1. The molecule has 0 unspecified atom stereocenters. The molecule has 0 radical (unpaired) electrons. The Morgan fingerprint density at radius 1 is 0.982 bits per heavy atom. The molecule has 2 saturated heterocycles. The van der Waals surface area contributed by atoms with Crippen molar-refractivity contribution in [3.05, 3.63) is 24.0 Å². The summed E-state index contributed by atoms with van der Waals surface area (Å²) in [6.45, 7) is 11.9. The number of allylic oxidation sites excluding steroid dienone is 3. The highest BCUT2D eigenvalue weighted by atomic mass is 16.7. The summed E-state index contributed by atoms with van der Waals surface area (Å²) in [5, 5.41) is 33.8. The lowest BCUT2D eigenvalue weighted by atomic mass is 9.83. The molecule has 16 nitrogen and oxygen atoms in total. The average Bonchev–Trinajstić information content (AvgIpc) is 3.12. The third-order valence-corrected chi connectivity index (χ3v) is 10.8. The van der Waals surface area contributed by atoms with Gasteiger partial charge in [-0.3, -0.25) is 14.4 Å². The number of aldehydes is 1. The molecular weight excluding hydrogens is 746 g/mol. The molecule has 3 N–H and O–H groups in total. The number of nitrogens with zero attached hydrogens (tertiary/aromatic N) is 1. The summed E-state index contributed by atoms with van der Waals surface area (Å²) in [6.07, 6.45) is -4.28. The Hall–Kier alpha value is -2.96. The van der Waals surface area contributed by atoms with Crippen molar-refractivity contribution in [2.45, 2.75) is 179 Å². The van der Waals surface area contributed by atoms with Gasteiger partial charge in [-0.2, -0.15) is 0 Å². The van der Waals surface area contributed by atoms with E-state index in [0.29, 0.717) is 12.8 Å². The molecule has 57 heavy (non-hydrogen) atoms. The standard InChI is InChI=1S/C41H67NO15/c1-11-30(45)54-29-21-32(47)51-24(4)20-28(44)16-14-13-15-23(3)19-27(17-18-43)37(38(29)50-10)57-40-35(48)34(42(8)9)36(25(5)53-40)56-33-22-41(7,49)39(26(6)52-33)55-31(46)12-2/h13-14,16,18,23-27,29,33-40,44,48-49H,11-12,15,17,19-22H2,1-10H3/b14-13+,28-16-/t23-,24+,25-,26-,27-,29+,33+,34-,35-,36-,37+,38-,39-,40-,41+/m1/s1. The van der Waals surface area contributed by atoms with Gasteiger partial charge in [0.1, 0.15) is 42.4 Å². The first-order valence-electron chi connectivity index (χ1n) is 20.1. The number of cyclic esters (lactones) is 1. The maximum absolute atomic E-state index is 13.3. The summed E-state index contributed by atoms with van der Waals surface area (Å²) in [6, 6.07) is -0.756. The second kappa shape index (κ2) is 22.4. The minimum Gasteiger partial charge on any atom is -0.512 e. The van der Waals surface area contributed by atoms with Crippen molar-refractivity contribution in [2.24, 2.45) is 11.8 Å². The summed E-state index contributed by atoms with van der Waals surface area (Å²) in [5.74, 6) is -2.34. The predicted molar refractivity (Wildman–Crippen MR) is 205 cm³/mol. The van der Waals surface area contributed by atoms with Gasteiger partial charge in [-0.15, -0.1) is 0 Å². The molecule has 3 heterocycles. The number of carbonyl (C=O) groups is 4. The van der Waals surface area contributed by atoms with Gasteiger partial charge in [0.2, 0.25) is 0 Å². The first kappa shape index (κ1) is 48.4. The molecule has 0 bridgehead atoms. The molecule has 3 aliphatic heterocycles. The maximum Gasteiger partial charge on any atom is 0.309 e. The Morgan fingerprint density at radius 2 is 1.65 bits per heavy atom. The van der Waals surface area contributed by atoms with Crippen LogP contribution in [0.3, 0.4) is 0 Å². The molecule has 0 amide bonds. The van der Waals surface area contributed by atoms with Gasteiger partial charge in [0.05, 0.1) is 36.5 Å². The molecule has 0 aromatic rings. The monoisotopic (exact) mass is 813 g/mol. The molecule has 0 aliphatic carbocycles. The molecular formula is C41H67NO15. The second-order valence-corrected chi connectivity index (χ2v) is 16.1. The number of esters is 3. The number of ether oxygens (including phenoxy) is 8. The number of aliphatic hydroxyl groups is 3. The Labute approximate surface area is 337 Å². The molecule has 16 heteroatoms. The normalized spacial score (nSPS) is 40.3. The van der Waals surface area contributed by atoms with Crippen molar-refractivity contribution < 1.29 is 72.4 Å². The Bertz CT molecular complexity index is 1370. The number of methoxy groups -OCH3 is 1. The zero-order valence-corrected chi connectivity index (χ0v) is 35.2. The van der Waals surface area contributed by atoms with Crippen LogP contribution in [0.5, 0.6) is 0 Å². The molecule has 0 aromatic heterocycles. The van der Waals surface area contributed by atoms with Crippen molar-refractivity contribution in [1.29, 1.82) is 0 Å². The highest BCUT2D eigenvalue weighted by Crippen LogP contribution is 2.37. The lowest BCUT2D eigenvalue weighted by molar-refractivity contribution is -0.344. The Kier molecular flexibility index (Phi) is 19.0. The van der Waals surface area contributed by atoms with Crippen LogP contribution >= 0.6 is 0 Å². The first-order chi connectivity index (χ1) is 26.8. The van der Waals surface area contributed by atoms with Crippen molar-refractivity contribution >= 4 is 24.2 Å². The molecule has 2 fully saturated rings. The molecule has 0 spiro atoms. The van der Waals surface area contributed by atoms with Crippen molar-refractivity contribution in [3.8, 4) is 0 Å². The van der Waals surface area contributed by atoms with Crippen LogP contribution in [0.15, 0.2) is 24.0 Å². The van der Waals surface area contributed by atoms with Gasteiger partial charge in [-0.1, -0.05) is 32.9 Å². The molecule has 3 rings (SSSR count). The lowest BCUT2D eigenvalue weighted by Gasteiger charge is -2.50. The summed E-state index contributed by atoms with van der Waals surface area (Å²) in [7, 11) is 4.90. The van der Waals surface area contributed by atoms with Gasteiger partial charge in [-0.25, -0.2) is 0 Å². The van der Waals surface area contributed by atoms with Crippen LogP contribution in [0.2, 0.25) is 0 Å². The molecule has 0 aromatic carbocycles. The van der Waals surface area contributed by atoms with Gasteiger partial charge in [0.15, 0.2) is 18.7 Å². The first-order valence-corrected chi connectivity index (χ1v) is 20.1. The zero-order valence-electron chi connectivity index (χ0n) is 35.2. The fourth-order valence-electron chi connectivity index (χ4n) is 7.95. The van der Waals surface area contributed by atoms with Crippen LogP contribution in [-0.2, 0) is 57.1 Å². The van der Waals surface area contributed by atoms with Crippen LogP contribution in [-0.4, -0.2) is 145 Å².